The molecule has 5 heteroatoms. The van der Waals surface area contributed by atoms with E-state index in [-0.39, 0.29) is 12.1 Å². The summed E-state index contributed by atoms with van der Waals surface area (Å²) in [6, 6.07) is 8.30. The molecule has 5 nitrogen and oxygen atoms in total. The topological polar surface area (TPSA) is 58.2 Å². The van der Waals surface area contributed by atoms with E-state index >= 15 is 0 Å². The number of nitrogens with zero attached hydrogens (tertiary/aromatic N) is 2. The molecule has 1 aromatic heterocycles. The van der Waals surface area contributed by atoms with Crippen molar-refractivity contribution in [3.63, 3.8) is 0 Å². The van der Waals surface area contributed by atoms with Crippen LogP contribution in [0.2, 0.25) is 0 Å². The third kappa shape index (κ3) is 2.25. The molecule has 1 amide bonds. The van der Waals surface area contributed by atoms with Gasteiger partial charge in [-0.3, -0.25) is 4.90 Å². The fraction of sp³-hybridized carbons (Fsp3) is 0.529. The molecule has 0 radical (unpaired) electrons. The van der Waals surface area contributed by atoms with Crippen LogP contribution in [0.3, 0.4) is 0 Å². The maximum Gasteiger partial charge on any atom is 0.411 e. The van der Waals surface area contributed by atoms with Crippen molar-refractivity contribution >= 4 is 17.1 Å². The summed E-state index contributed by atoms with van der Waals surface area (Å²) < 4.78 is 5.59. The van der Waals surface area contributed by atoms with Gasteiger partial charge in [-0.25, -0.2) is 9.78 Å². The van der Waals surface area contributed by atoms with Crippen LogP contribution in [0.25, 0.3) is 11.0 Å². The number of hydrogen-bond donors (Lipinski definition) is 1. The van der Waals surface area contributed by atoms with E-state index in [1.807, 2.05) is 49.9 Å². The number of aromatic nitrogens is 2. The van der Waals surface area contributed by atoms with Crippen LogP contribution in [0.1, 0.15) is 45.5 Å². The minimum atomic E-state index is -0.470. The Morgan fingerprint density at radius 1 is 1.32 bits per heavy atom. The fourth-order valence-electron chi connectivity index (χ4n) is 3.41. The Morgan fingerprint density at radius 2 is 2.09 bits per heavy atom. The molecule has 2 heterocycles. The summed E-state index contributed by atoms with van der Waals surface area (Å²) in [5.74, 6) is 1.48. The maximum atomic E-state index is 12.6. The number of piperidine rings is 1. The number of H-pyrrole nitrogens is 1. The second kappa shape index (κ2) is 4.48. The quantitative estimate of drug-likeness (QED) is 0.874. The summed E-state index contributed by atoms with van der Waals surface area (Å²) in [5, 5.41) is 0. The van der Waals surface area contributed by atoms with Crippen LogP contribution in [0.5, 0.6) is 0 Å². The van der Waals surface area contributed by atoms with Gasteiger partial charge in [-0.15, -0.1) is 0 Å². The van der Waals surface area contributed by atoms with Crippen LogP contribution in [0.4, 0.5) is 4.79 Å². The molecule has 0 unspecified atom stereocenters. The number of fused-ring (bicyclic) bond motifs is 2. The third-order valence-corrected chi connectivity index (χ3v) is 4.43. The molecule has 0 spiro atoms. The van der Waals surface area contributed by atoms with Gasteiger partial charge in [-0.2, -0.15) is 0 Å². The number of amides is 1. The first-order chi connectivity index (χ1) is 10.4. The lowest BCUT2D eigenvalue weighted by Gasteiger charge is -2.29. The van der Waals surface area contributed by atoms with E-state index in [1.165, 1.54) is 0 Å². The highest BCUT2D eigenvalue weighted by molar-refractivity contribution is 5.75. The predicted molar refractivity (Wildman–Crippen MR) is 83.4 cm³/mol. The number of likely N-dealkylation sites (tertiary alicyclic amines) is 1. The van der Waals surface area contributed by atoms with Crippen molar-refractivity contribution in [3.05, 3.63) is 30.1 Å². The van der Waals surface area contributed by atoms with E-state index < -0.39 is 5.60 Å². The number of carbonyl (C=O) groups is 1. The lowest BCUT2D eigenvalue weighted by molar-refractivity contribution is 0.0175. The van der Waals surface area contributed by atoms with E-state index in [4.69, 9.17) is 4.74 Å². The Hall–Kier alpha value is -2.04. The van der Waals surface area contributed by atoms with Crippen LogP contribution in [0.15, 0.2) is 24.3 Å². The molecule has 1 aliphatic carbocycles. The van der Waals surface area contributed by atoms with E-state index in [0.29, 0.717) is 12.0 Å². The number of para-hydroxylation sites is 2. The van der Waals surface area contributed by atoms with Crippen molar-refractivity contribution in [1.29, 1.82) is 0 Å². The number of rotatable bonds is 1. The number of aromatic amines is 1. The minimum absolute atomic E-state index is 0.00556. The second-order valence-electron chi connectivity index (χ2n) is 7.34. The predicted octanol–water partition coefficient (Wildman–Crippen LogP) is 3.63. The molecule has 4 rings (SSSR count). The van der Waals surface area contributed by atoms with Gasteiger partial charge in [0, 0.05) is 6.04 Å². The Morgan fingerprint density at radius 3 is 2.82 bits per heavy atom. The lowest BCUT2D eigenvalue weighted by Crippen LogP contribution is -2.38. The second-order valence-corrected chi connectivity index (χ2v) is 7.34. The smallest absolute Gasteiger partial charge is 0.411 e. The number of ether oxygens (including phenoxy) is 1. The fourth-order valence-corrected chi connectivity index (χ4v) is 3.41. The molecule has 1 saturated carbocycles. The van der Waals surface area contributed by atoms with Crippen molar-refractivity contribution < 1.29 is 9.53 Å². The molecule has 1 aliphatic heterocycles. The maximum absolute atomic E-state index is 12.6. The molecule has 1 saturated heterocycles. The highest BCUT2D eigenvalue weighted by atomic mass is 16.6. The molecular formula is C17H21N3O2. The molecular weight excluding hydrogens is 278 g/mol. The summed E-state index contributed by atoms with van der Waals surface area (Å²) in [4.78, 5) is 22.5. The summed E-state index contributed by atoms with van der Waals surface area (Å²) in [6.45, 7) is 5.71. The number of benzene rings is 1. The zero-order valence-corrected chi connectivity index (χ0v) is 13.2. The first-order valence-electron chi connectivity index (χ1n) is 7.88. The average Bonchev–Trinajstić information content (AvgIpc) is 2.92. The number of nitrogens with one attached hydrogen (secondary N) is 1. The molecule has 2 aromatic rings. The Balaban J connectivity index is 1.64. The normalized spacial score (nSPS) is 27.0. The van der Waals surface area contributed by atoms with E-state index in [9.17, 15) is 4.79 Å². The molecule has 3 atom stereocenters. The number of imidazole rings is 1. The van der Waals surface area contributed by atoms with Crippen LogP contribution in [-0.4, -0.2) is 32.6 Å². The van der Waals surface area contributed by atoms with Gasteiger partial charge >= 0.3 is 6.09 Å². The average molecular weight is 299 g/mol. The van der Waals surface area contributed by atoms with Crippen molar-refractivity contribution in [3.8, 4) is 0 Å². The van der Waals surface area contributed by atoms with Gasteiger partial charge < -0.3 is 9.72 Å². The summed E-state index contributed by atoms with van der Waals surface area (Å²) in [5.41, 5.74) is 1.49. The molecule has 0 bridgehead atoms. The van der Waals surface area contributed by atoms with E-state index in [1.54, 1.807) is 0 Å². The van der Waals surface area contributed by atoms with Crippen molar-refractivity contribution in [1.82, 2.24) is 14.9 Å². The van der Waals surface area contributed by atoms with Gasteiger partial charge in [0.15, 0.2) is 0 Å². The molecule has 2 fully saturated rings. The van der Waals surface area contributed by atoms with Crippen LogP contribution < -0.4 is 0 Å². The number of carbonyl (C=O) groups excluding carboxylic acids is 1. The largest absolute Gasteiger partial charge is 0.444 e. The Kier molecular flexibility index (Phi) is 2.77. The van der Waals surface area contributed by atoms with Gasteiger partial charge in [0.05, 0.1) is 17.1 Å². The minimum Gasteiger partial charge on any atom is -0.444 e. The van der Waals surface area contributed by atoms with Crippen LogP contribution in [-0.2, 0) is 4.74 Å². The summed E-state index contributed by atoms with van der Waals surface area (Å²) >= 11 is 0. The number of hydrogen-bond acceptors (Lipinski definition) is 3. The van der Waals surface area contributed by atoms with Gasteiger partial charge in [0.1, 0.15) is 11.4 Å². The molecule has 1 N–H and O–H groups in total. The Labute approximate surface area is 129 Å². The molecule has 2 aliphatic rings. The van der Waals surface area contributed by atoms with Crippen molar-refractivity contribution in [2.45, 2.75) is 51.3 Å². The Bertz CT molecular complexity index is 698. The van der Waals surface area contributed by atoms with E-state index in [0.717, 1.165) is 29.7 Å². The van der Waals surface area contributed by atoms with Crippen LogP contribution in [0, 0.1) is 5.92 Å². The summed E-state index contributed by atoms with van der Waals surface area (Å²) in [7, 11) is 0. The van der Waals surface area contributed by atoms with Crippen molar-refractivity contribution in [2.24, 2.45) is 5.92 Å². The van der Waals surface area contributed by atoms with Gasteiger partial charge in [-0.05, 0) is 51.7 Å². The summed E-state index contributed by atoms with van der Waals surface area (Å²) in [6.07, 6.45) is 1.85. The van der Waals surface area contributed by atoms with Crippen LogP contribution >= 0.6 is 0 Å². The monoisotopic (exact) mass is 299 g/mol. The highest BCUT2D eigenvalue weighted by Gasteiger charge is 2.56. The highest BCUT2D eigenvalue weighted by Crippen LogP contribution is 2.53. The first-order valence-corrected chi connectivity index (χ1v) is 7.88. The lowest BCUT2D eigenvalue weighted by atomic mass is 10.1. The van der Waals surface area contributed by atoms with E-state index in [2.05, 4.69) is 9.97 Å². The zero-order chi connectivity index (χ0) is 15.5. The zero-order valence-electron chi connectivity index (χ0n) is 13.2. The van der Waals surface area contributed by atoms with Gasteiger partial charge in [-0.1, -0.05) is 12.1 Å². The molecule has 116 valence electrons. The first kappa shape index (κ1) is 13.6. The standard InChI is InChI=1S/C17H21N3O2/c1-17(2,3)22-16(21)20-13-8-10(13)9-14(20)15-18-11-6-4-5-7-12(11)19-15/h4-7,10,13-14H,8-9H2,1-3H3,(H,18,19)/t10-,13-,14+/m1/s1. The third-order valence-electron chi connectivity index (χ3n) is 4.43. The van der Waals surface area contributed by atoms with Gasteiger partial charge in [0.25, 0.3) is 0 Å². The van der Waals surface area contributed by atoms with Crippen molar-refractivity contribution in [2.75, 3.05) is 0 Å². The SMILES string of the molecule is CC(C)(C)OC(=O)N1[C@@H]2C[C@@H]2C[C@H]1c1nc2ccccc2[nH]1. The molecule has 22 heavy (non-hydrogen) atoms. The van der Waals surface area contributed by atoms with Gasteiger partial charge in [0.2, 0.25) is 0 Å². The molecule has 1 aromatic carbocycles.